The van der Waals surface area contributed by atoms with Crippen LogP contribution in [-0.2, 0) is 9.84 Å². The number of ketones is 1. The van der Waals surface area contributed by atoms with Gasteiger partial charge in [-0.15, -0.1) is 0 Å². The van der Waals surface area contributed by atoms with Crippen LogP contribution in [0.4, 0.5) is 0 Å². The van der Waals surface area contributed by atoms with Gasteiger partial charge >= 0.3 is 0 Å². The van der Waals surface area contributed by atoms with Crippen molar-refractivity contribution in [3.63, 3.8) is 0 Å². The van der Waals surface area contributed by atoms with E-state index in [2.05, 4.69) is 0 Å². The van der Waals surface area contributed by atoms with Gasteiger partial charge in [-0.1, -0.05) is 30.7 Å². The van der Waals surface area contributed by atoms with Gasteiger partial charge in [0.2, 0.25) is 0 Å². The van der Waals surface area contributed by atoms with Crippen molar-refractivity contribution in [1.82, 2.24) is 0 Å². The van der Waals surface area contributed by atoms with Crippen molar-refractivity contribution in [2.45, 2.75) is 31.4 Å². The van der Waals surface area contributed by atoms with E-state index in [0.29, 0.717) is 18.4 Å². The summed E-state index contributed by atoms with van der Waals surface area (Å²) in [6.45, 7) is 1.84. The first-order valence-corrected chi connectivity index (χ1v) is 7.55. The number of benzene rings is 1. The van der Waals surface area contributed by atoms with Crippen molar-refractivity contribution >= 4 is 15.6 Å². The third kappa shape index (κ3) is 2.41. The molecule has 0 radical (unpaired) electrons. The lowest BCUT2D eigenvalue weighted by Gasteiger charge is -2.21. The summed E-state index contributed by atoms with van der Waals surface area (Å²) < 4.78 is 23.8. The molecule has 0 saturated carbocycles. The number of sulfone groups is 1. The van der Waals surface area contributed by atoms with Crippen LogP contribution in [0, 0.1) is 6.92 Å². The lowest BCUT2D eigenvalue weighted by Crippen LogP contribution is -2.35. The fraction of sp³-hybridized carbons (Fsp3) is 0.462. The summed E-state index contributed by atoms with van der Waals surface area (Å²) in [5.41, 5.74) is 1.39. The number of hydrogen-bond acceptors (Lipinski definition) is 3. The third-order valence-electron chi connectivity index (χ3n) is 3.28. The van der Waals surface area contributed by atoms with Crippen LogP contribution in [0.3, 0.4) is 0 Å². The Balaban J connectivity index is 2.35. The maximum absolute atomic E-state index is 12.3. The first-order chi connectivity index (χ1) is 8.02. The Morgan fingerprint density at radius 3 is 2.59 bits per heavy atom. The number of hydrogen-bond donors (Lipinski definition) is 0. The van der Waals surface area contributed by atoms with Gasteiger partial charge < -0.3 is 0 Å². The van der Waals surface area contributed by atoms with Crippen LogP contribution in [0.25, 0.3) is 0 Å². The van der Waals surface area contributed by atoms with Gasteiger partial charge in [-0.3, -0.25) is 4.79 Å². The molecule has 92 valence electrons. The van der Waals surface area contributed by atoms with Crippen LogP contribution >= 0.6 is 0 Å². The Hall–Kier alpha value is -1.16. The average Bonchev–Trinajstić information content (AvgIpc) is 2.28. The number of rotatable bonds is 2. The number of aryl methyl sites for hydroxylation is 1. The predicted molar refractivity (Wildman–Crippen MR) is 66.9 cm³/mol. The molecule has 1 aliphatic rings. The summed E-state index contributed by atoms with van der Waals surface area (Å²) in [6.07, 6.45) is 1.97. The molecule has 1 fully saturated rings. The number of Topliss-reactive ketones (excluding diaryl/α,β-unsaturated/α-hetero) is 1. The third-order valence-corrected chi connectivity index (χ3v) is 5.46. The number of carbonyl (C=O) groups is 1. The molecule has 0 bridgehead atoms. The monoisotopic (exact) mass is 252 g/mol. The smallest absolute Gasteiger partial charge is 0.181 e. The van der Waals surface area contributed by atoms with Crippen molar-refractivity contribution in [2.24, 2.45) is 0 Å². The summed E-state index contributed by atoms with van der Waals surface area (Å²) in [7, 11) is -3.24. The summed E-state index contributed by atoms with van der Waals surface area (Å²) in [4.78, 5) is 12.3. The Bertz CT molecular complexity index is 531. The maximum atomic E-state index is 12.3. The summed E-state index contributed by atoms with van der Waals surface area (Å²) >= 11 is 0. The van der Waals surface area contributed by atoms with Crippen LogP contribution in [0.5, 0.6) is 0 Å². The Morgan fingerprint density at radius 1 is 1.24 bits per heavy atom. The van der Waals surface area contributed by atoms with Crippen LogP contribution in [0.1, 0.15) is 35.2 Å². The first kappa shape index (κ1) is 12.3. The molecule has 1 aromatic rings. The largest absolute Gasteiger partial charge is 0.293 e. The summed E-state index contributed by atoms with van der Waals surface area (Å²) in [6, 6.07) is 7.17. The second-order valence-electron chi connectivity index (χ2n) is 4.53. The van der Waals surface area contributed by atoms with Crippen molar-refractivity contribution in [2.75, 3.05) is 5.75 Å². The van der Waals surface area contributed by atoms with Gasteiger partial charge in [0.1, 0.15) is 5.25 Å². The SMILES string of the molecule is Cc1ccccc1C(=O)C1CCCCS1(=O)=O. The van der Waals surface area contributed by atoms with Gasteiger partial charge in [0.05, 0.1) is 5.75 Å². The lowest BCUT2D eigenvalue weighted by molar-refractivity contribution is 0.0981. The van der Waals surface area contributed by atoms with Gasteiger partial charge in [0.15, 0.2) is 15.6 Å². The molecule has 3 nitrogen and oxygen atoms in total. The molecular formula is C13H16O3S. The minimum atomic E-state index is -3.24. The second kappa shape index (κ2) is 4.61. The molecule has 2 rings (SSSR count). The van der Waals surface area contributed by atoms with Crippen molar-refractivity contribution in [3.05, 3.63) is 35.4 Å². The average molecular weight is 252 g/mol. The molecule has 1 unspecified atom stereocenters. The molecule has 0 aliphatic carbocycles. The molecule has 0 spiro atoms. The molecule has 1 atom stereocenters. The fourth-order valence-corrected chi connectivity index (χ4v) is 4.14. The van der Waals surface area contributed by atoms with E-state index < -0.39 is 15.1 Å². The molecule has 1 aromatic carbocycles. The van der Waals surface area contributed by atoms with Crippen LogP contribution in [-0.4, -0.2) is 25.2 Å². The Labute approximate surface area is 102 Å². The minimum absolute atomic E-state index is 0.148. The van der Waals surface area contributed by atoms with E-state index in [9.17, 15) is 13.2 Å². The standard InChI is InChI=1S/C13H16O3S/c1-10-6-2-3-7-11(10)13(14)12-8-4-5-9-17(12,15)16/h2-3,6-7,12H,4-5,8-9H2,1H3. The van der Waals surface area contributed by atoms with Crippen LogP contribution < -0.4 is 0 Å². The van der Waals surface area contributed by atoms with E-state index in [1.807, 2.05) is 19.1 Å². The zero-order chi connectivity index (χ0) is 12.5. The highest BCUT2D eigenvalue weighted by Gasteiger charge is 2.35. The molecule has 0 amide bonds. The second-order valence-corrected chi connectivity index (χ2v) is 6.83. The highest BCUT2D eigenvalue weighted by Crippen LogP contribution is 2.24. The number of carbonyl (C=O) groups excluding carboxylic acids is 1. The molecule has 0 aromatic heterocycles. The highest BCUT2D eigenvalue weighted by molar-refractivity contribution is 7.92. The summed E-state index contributed by atoms with van der Waals surface area (Å²) in [5, 5.41) is -0.822. The van der Waals surface area contributed by atoms with E-state index in [1.54, 1.807) is 12.1 Å². The van der Waals surface area contributed by atoms with Crippen LogP contribution in [0.15, 0.2) is 24.3 Å². The van der Waals surface area contributed by atoms with Crippen molar-refractivity contribution in [1.29, 1.82) is 0 Å². The zero-order valence-electron chi connectivity index (χ0n) is 9.85. The lowest BCUT2D eigenvalue weighted by atomic mass is 10.00. The van der Waals surface area contributed by atoms with E-state index in [4.69, 9.17) is 0 Å². The predicted octanol–water partition coefficient (Wildman–Crippen LogP) is 2.15. The zero-order valence-corrected chi connectivity index (χ0v) is 10.7. The molecular weight excluding hydrogens is 236 g/mol. The molecule has 0 N–H and O–H groups in total. The van der Waals surface area contributed by atoms with E-state index in [-0.39, 0.29) is 11.5 Å². The van der Waals surface area contributed by atoms with Gasteiger partial charge in [0.25, 0.3) is 0 Å². The topological polar surface area (TPSA) is 51.2 Å². The molecule has 1 aliphatic heterocycles. The molecule has 17 heavy (non-hydrogen) atoms. The molecule has 4 heteroatoms. The molecule has 1 heterocycles. The normalized spacial score (nSPS) is 23.2. The fourth-order valence-electron chi connectivity index (χ4n) is 2.27. The first-order valence-electron chi connectivity index (χ1n) is 5.84. The van der Waals surface area contributed by atoms with Crippen LogP contribution in [0.2, 0.25) is 0 Å². The maximum Gasteiger partial charge on any atom is 0.181 e. The highest BCUT2D eigenvalue weighted by atomic mass is 32.2. The van der Waals surface area contributed by atoms with Crippen molar-refractivity contribution < 1.29 is 13.2 Å². The van der Waals surface area contributed by atoms with Gasteiger partial charge in [0, 0.05) is 5.56 Å². The molecule has 1 saturated heterocycles. The summed E-state index contributed by atoms with van der Waals surface area (Å²) in [5.74, 6) is -0.0854. The minimum Gasteiger partial charge on any atom is -0.293 e. The Morgan fingerprint density at radius 2 is 1.94 bits per heavy atom. The van der Waals surface area contributed by atoms with E-state index in [0.717, 1.165) is 12.0 Å². The van der Waals surface area contributed by atoms with E-state index in [1.165, 1.54) is 0 Å². The van der Waals surface area contributed by atoms with Gasteiger partial charge in [-0.2, -0.15) is 0 Å². The van der Waals surface area contributed by atoms with Gasteiger partial charge in [-0.25, -0.2) is 8.42 Å². The Kier molecular flexibility index (Phi) is 3.33. The van der Waals surface area contributed by atoms with Crippen molar-refractivity contribution in [3.8, 4) is 0 Å². The van der Waals surface area contributed by atoms with E-state index >= 15 is 0 Å². The van der Waals surface area contributed by atoms with Gasteiger partial charge in [-0.05, 0) is 25.3 Å². The quantitative estimate of drug-likeness (QED) is 0.758.